The summed E-state index contributed by atoms with van der Waals surface area (Å²) < 4.78 is 0. The highest BCUT2D eigenvalue weighted by Gasteiger charge is 2.26. The van der Waals surface area contributed by atoms with Gasteiger partial charge in [0.2, 0.25) is 5.78 Å². The molecule has 0 atom stereocenters. The number of rotatable bonds is 1. The molecule has 94 valence electrons. The fraction of sp³-hybridized carbons (Fsp3) is 0.118. The van der Waals surface area contributed by atoms with Crippen molar-refractivity contribution < 1.29 is 4.79 Å². The largest absolute Gasteiger partial charge is 0.288 e. The summed E-state index contributed by atoms with van der Waals surface area (Å²) in [6.07, 6.45) is 1.98. The molecule has 1 aliphatic rings. The standard InChI is InChI=1S/C17H14OS/c1-11-6-8-13(9-7-11)10-15-16(18)14-5-3-4-12(2)17(14)19-15/h3-10H,1-2H3. The molecule has 3 rings (SSSR count). The van der Waals surface area contributed by atoms with E-state index in [4.69, 9.17) is 0 Å². The topological polar surface area (TPSA) is 17.1 Å². The number of Topliss-reactive ketones (excluding diaryl/α,β-unsaturated/α-hetero) is 1. The Bertz CT molecular complexity index is 681. The molecule has 0 N–H and O–H groups in total. The van der Waals surface area contributed by atoms with Crippen LogP contribution in [0.25, 0.3) is 6.08 Å². The molecular weight excluding hydrogens is 252 g/mol. The van der Waals surface area contributed by atoms with Crippen LogP contribution in [0.1, 0.15) is 27.0 Å². The average molecular weight is 266 g/mol. The molecule has 1 nitrogen and oxygen atoms in total. The van der Waals surface area contributed by atoms with Gasteiger partial charge in [0.05, 0.1) is 4.91 Å². The molecule has 0 saturated heterocycles. The van der Waals surface area contributed by atoms with Gasteiger partial charge in [-0.15, -0.1) is 0 Å². The van der Waals surface area contributed by atoms with Crippen LogP contribution in [0.15, 0.2) is 52.3 Å². The Morgan fingerprint density at radius 2 is 1.74 bits per heavy atom. The normalized spacial score (nSPS) is 15.9. The number of allylic oxidation sites excluding steroid dienone is 1. The molecule has 0 fully saturated rings. The zero-order valence-electron chi connectivity index (χ0n) is 10.9. The fourth-order valence-electron chi connectivity index (χ4n) is 2.16. The molecule has 2 aromatic rings. The van der Waals surface area contributed by atoms with Crippen molar-refractivity contribution in [2.45, 2.75) is 18.7 Å². The summed E-state index contributed by atoms with van der Waals surface area (Å²) in [7, 11) is 0. The van der Waals surface area contributed by atoms with E-state index in [0.717, 1.165) is 20.9 Å². The molecule has 0 saturated carbocycles. The van der Waals surface area contributed by atoms with Gasteiger partial charge in [0.15, 0.2) is 0 Å². The average Bonchev–Trinajstić information content (AvgIpc) is 2.72. The maximum atomic E-state index is 12.3. The highest BCUT2D eigenvalue weighted by Crippen LogP contribution is 2.42. The summed E-state index contributed by atoms with van der Waals surface area (Å²) in [6, 6.07) is 14.1. The Labute approximate surface area is 117 Å². The zero-order valence-corrected chi connectivity index (χ0v) is 11.8. The third-order valence-electron chi connectivity index (χ3n) is 3.27. The smallest absolute Gasteiger partial charge is 0.200 e. The molecule has 1 aliphatic heterocycles. The maximum absolute atomic E-state index is 12.3. The minimum atomic E-state index is 0.143. The van der Waals surface area contributed by atoms with Gasteiger partial charge in [-0.2, -0.15) is 0 Å². The van der Waals surface area contributed by atoms with Crippen LogP contribution in [0.2, 0.25) is 0 Å². The molecule has 1 heterocycles. The fourth-order valence-corrected chi connectivity index (χ4v) is 3.28. The summed E-state index contributed by atoms with van der Waals surface area (Å²) >= 11 is 1.58. The Kier molecular flexibility index (Phi) is 3.03. The number of hydrogen-bond donors (Lipinski definition) is 0. The van der Waals surface area contributed by atoms with E-state index in [1.807, 2.05) is 43.3 Å². The third-order valence-corrected chi connectivity index (χ3v) is 4.54. The lowest BCUT2D eigenvalue weighted by atomic mass is 10.1. The number of thioether (sulfide) groups is 1. The second-order valence-electron chi connectivity index (χ2n) is 4.80. The van der Waals surface area contributed by atoms with Crippen LogP contribution in [0.4, 0.5) is 0 Å². The minimum Gasteiger partial charge on any atom is -0.288 e. The first kappa shape index (κ1) is 12.2. The van der Waals surface area contributed by atoms with E-state index >= 15 is 0 Å². The van der Waals surface area contributed by atoms with Crippen molar-refractivity contribution >= 4 is 23.6 Å². The van der Waals surface area contributed by atoms with E-state index < -0.39 is 0 Å². The van der Waals surface area contributed by atoms with E-state index in [1.165, 1.54) is 11.1 Å². The van der Waals surface area contributed by atoms with Gasteiger partial charge < -0.3 is 0 Å². The van der Waals surface area contributed by atoms with Crippen molar-refractivity contribution in [3.05, 3.63) is 69.6 Å². The number of hydrogen-bond acceptors (Lipinski definition) is 2. The van der Waals surface area contributed by atoms with E-state index in [0.29, 0.717) is 0 Å². The molecule has 0 aliphatic carbocycles. The number of aryl methyl sites for hydroxylation is 2. The maximum Gasteiger partial charge on any atom is 0.200 e. The van der Waals surface area contributed by atoms with Crippen molar-refractivity contribution in [1.29, 1.82) is 0 Å². The van der Waals surface area contributed by atoms with Gasteiger partial charge in [0, 0.05) is 10.5 Å². The van der Waals surface area contributed by atoms with Gasteiger partial charge >= 0.3 is 0 Å². The first-order chi connectivity index (χ1) is 9.15. The molecule has 0 radical (unpaired) electrons. The van der Waals surface area contributed by atoms with Crippen LogP contribution in [0.3, 0.4) is 0 Å². The lowest BCUT2D eigenvalue weighted by Crippen LogP contribution is -1.94. The number of carbonyl (C=O) groups excluding carboxylic acids is 1. The van der Waals surface area contributed by atoms with Crippen LogP contribution in [-0.4, -0.2) is 5.78 Å². The van der Waals surface area contributed by atoms with Gasteiger partial charge in [-0.3, -0.25) is 4.79 Å². The lowest BCUT2D eigenvalue weighted by molar-refractivity contribution is 0.104. The van der Waals surface area contributed by atoms with Crippen LogP contribution in [-0.2, 0) is 0 Å². The minimum absolute atomic E-state index is 0.143. The van der Waals surface area contributed by atoms with Gasteiger partial charge in [-0.25, -0.2) is 0 Å². The molecule has 19 heavy (non-hydrogen) atoms. The van der Waals surface area contributed by atoms with Crippen molar-refractivity contribution in [3.63, 3.8) is 0 Å². The zero-order chi connectivity index (χ0) is 13.4. The van der Waals surface area contributed by atoms with Crippen molar-refractivity contribution in [2.75, 3.05) is 0 Å². The molecule has 2 heteroatoms. The molecule has 0 aromatic heterocycles. The van der Waals surface area contributed by atoms with Gasteiger partial charge in [-0.1, -0.05) is 53.7 Å². The molecule has 0 amide bonds. The van der Waals surface area contributed by atoms with Crippen LogP contribution in [0.5, 0.6) is 0 Å². The molecule has 0 bridgehead atoms. The van der Waals surface area contributed by atoms with Crippen LogP contribution < -0.4 is 0 Å². The van der Waals surface area contributed by atoms with Crippen molar-refractivity contribution in [3.8, 4) is 0 Å². The van der Waals surface area contributed by atoms with E-state index in [-0.39, 0.29) is 5.78 Å². The molecular formula is C17H14OS. The Balaban J connectivity index is 2.00. The van der Waals surface area contributed by atoms with Crippen LogP contribution in [0, 0.1) is 13.8 Å². The highest BCUT2D eigenvalue weighted by atomic mass is 32.2. The van der Waals surface area contributed by atoms with Gasteiger partial charge in [0.25, 0.3) is 0 Å². The lowest BCUT2D eigenvalue weighted by Gasteiger charge is -1.98. The second-order valence-corrected chi connectivity index (χ2v) is 5.85. The summed E-state index contributed by atoms with van der Waals surface area (Å²) in [5, 5.41) is 0. The quantitative estimate of drug-likeness (QED) is 0.700. The van der Waals surface area contributed by atoms with E-state index in [9.17, 15) is 4.79 Å². The predicted molar refractivity (Wildman–Crippen MR) is 80.5 cm³/mol. The summed E-state index contributed by atoms with van der Waals surface area (Å²) in [5.74, 6) is 0.143. The summed E-state index contributed by atoms with van der Waals surface area (Å²) in [5.41, 5.74) is 4.31. The van der Waals surface area contributed by atoms with Crippen molar-refractivity contribution in [1.82, 2.24) is 0 Å². The number of benzene rings is 2. The molecule has 0 spiro atoms. The van der Waals surface area contributed by atoms with Gasteiger partial charge in [-0.05, 0) is 37.1 Å². The number of ketones is 1. The summed E-state index contributed by atoms with van der Waals surface area (Å²) in [6.45, 7) is 4.11. The third kappa shape index (κ3) is 2.24. The SMILES string of the molecule is Cc1ccc(C=C2Sc3c(C)cccc3C2=O)cc1. The molecule has 2 aromatic carbocycles. The monoisotopic (exact) mass is 266 g/mol. The predicted octanol–water partition coefficient (Wildman–Crippen LogP) is 4.63. The van der Waals surface area contributed by atoms with Crippen LogP contribution >= 0.6 is 11.8 Å². The second kappa shape index (κ2) is 4.71. The van der Waals surface area contributed by atoms with Crippen molar-refractivity contribution in [2.24, 2.45) is 0 Å². The Morgan fingerprint density at radius 3 is 2.42 bits per heavy atom. The first-order valence-electron chi connectivity index (χ1n) is 6.26. The Morgan fingerprint density at radius 1 is 1.00 bits per heavy atom. The molecule has 0 unspecified atom stereocenters. The summed E-state index contributed by atoms with van der Waals surface area (Å²) in [4.78, 5) is 14.2. The van der Waals surface area contributed by atoms with Gasteiger partial charge in [0.1, 0.15) is 0 Å². The highest BCUT2D eigenvalue weighted by molar-refractivity contribution is 8.05. The number of fused-ring (bicyclic) bond motifs is 1. The van der Waals surface area contributed by atoms with E-state index in [1.54, 1.807) is 11.8 Å². The number of carbonyl (C=O) groups is 1. The Hall–Kier alpha value is -1.80. The first-order valence-corrected chi connectivity index (χ1v) is 7.07. The van der Waals surface area contributed by atoms with E-state index in [2.05, 4.69) is 19.1 Å².